The van der Waals surface area contributed by atoms with Crippen LogP contribution in [0.2, 0.25) is 18.1 Å². The topological polar surface area (TPSA) is 26.3 Å². The van der Waals surface area contributed by atoms with Crippen LogP contribution in [-0.2, 0) is 16.1 Å². The summed E-state index contributed by atoms with van der Waals surface area (Å²) in [4.78, 5) is 11.8. The fraction of sp³-hybridized carbons (Fsp3) is 0.450. The van der Waals surface area contributed by atoms with Gasteiger partial charge in [0.15, 0.2) is 0 Å². The Morgan fingerprint density at radius 1 is 1.17 bits per heavy atom. The number of ether oxygens (including phenoxy) is 1. The molecule has 0 saturated heterocycles. The van der Waals surface area contributed by atoms with Crippen LogP contribution in [0.15, 0.2) is 30.3 Å². The van der Waals surface area contributed by atoms with Gasteiger partial charge < -0.3 is 4.74 Å². The molecule has 0 N–H and O–H groups in total. The van der Waals surface area contributed by atoms with Crippen molar-refractivity contribution in [2.24, 2.45) is 0 Å². The number of benzene rings is 1. The Kier molecular flexibility index (Phi) is 6.82. The lowest BCUT2D eigenvalue weighted by Gasteiger charge is -2.31. The number of Topliss-reactive ketones (excluding diaryl/α,β-unsaturated/α-hetero) is 1. The van der Waals surface area contributed by atoms with Crippen molar-refractivity contribution in [1.29, 1.82) is 0 Å². The first-order valence-electron chi connectivity index (χ1n) is 7.86. The predicted molar refractivity (Wildman–Crippen MR) is 98.4 cm³/mol. The molecule has 122 valence electrons. The summed E-state index contributed by atoms with van der Waals surface area (Å²) in [5, 5.41) is 0.139. The molecule has 0 saturated carbocycles. The van der Waals surface area contributed by atoms with Gasteiger partial charge in [0.05, 0.1) is 6.61 Å². The third kappa shape index (κ3) is 6.87. The Balaban J connectivity index is 2.57. The molecule has 2 nitrogen and oxygen atoms in total. The van der Waals surface area contributed by atoms with Crippen molar-refractivity contribution < 1.29 is 9.53 Å². The van der Waals surface area contributed by atoms with Gasteiger partial charge in [-0.1, -0.05) is 70.1 Å². The second kappa shape index (κ2) is 8.16. The number of rotatable bonds is 3. The molecule has 0 radical (unpaired) electrons. The normalized spacial score (nSPS) is 12.4. The second-order valence-corrected chi connectivity index (χ2v) is 12.2. The van der Waals surface area contributed by atoms with E-state index in [2.05, 4.69) is 57.2 Å². The molecule has 0 amide bonds. The van der Waals surface area contributed by atoms with E-state index >= 15 is 0 Å². The largest absolute Gasteiger partial charge is 0.361 e. The minimum Gasteiger partial charge on any atom is -0.361 e. The van der Waals surface area contributed by atoms with Crippen molar-refractivity contribution in [2.45, 2.75) is 58.5 Å². The van der Waals surface area contributed by atoms with Crippen LogP contribution in [0, 0.1) is 23.3 Å². The molecule has 0 aliphatic heterocycles. The highest BCUT2D eigenvalue weighted by Crippen LogP contribution is 2.34. The molecule has 0 bridgehead atoms. The minimum absolute atomic E-state index is 0.139. The van der Waals surface area contributed by atoms with Crippen molar-refractivity contribution in [3.05, 3.63) is 35.9 Å². The highest BCUT2D eigenvalue weighted by molar-refractivity contribution is 6.87. The fourth-order valence-corrected chi connectivity index (χ4v) is 2.24. The van der Waals surface area contributed by atoms with E-state index in [0.29, 0.717) is 6.61 Å². The van der Waals surface area contributed by atoms with Gasteiger partial charge in [-0.05, 0) is 29.4 Å². The summed E-state index contributed by atoms with van der Waals surface area (Å²) < 4.78 is 5.61. The van der Waals surface area contributed by atoms with Gasteiger partial charge in [0.25, 0.3) is 5.78 Å². The third-order valence-corrected chi connectivity index (χ3v) is 8.60. The van der Waals surface area contributed by atoms with Gasteiger partial charge in [0.2, 0.25) is 0 Å². The number of ketones is 1. The third-order valence-electron chi connectivity index (χ3n) is 4.10. The maximum atomic E-state index is 11.8. The van der Waals surface area contributed by atoms with Gasteiger partial charge in [0, 0.05) is 0 Å². The minimum atomic E-state index is -1.76. The van der Waals surface area contributed by atoms with E-state index in [-0.39, 0.29) is 16.9 Å². The molecule has 1 aromatic rings. The van der Waals surface area contributed by atoms with E-state index in [9.17, 15) is 4.79 Å². The molecular weight excluding hydrogens is 300 g/mol. The summed E-state index contributed by atoms with van der Waals surface area (Å²) in [5.41, 5.74) is 4.26. The van der Waals surface area contributed by atoms with E-state index < -0.39 is 8.07 Å². The molecule has 0 aliphatic rings. The van der Waals surface area contributed by atoms with Gasteiger partial charge in [-0.25, -0.2) is 0 Å². The summed E-state index contributed by atoms with van der Waals surface area (Å²) in [6, 6.07) is 9.89. The lowest BCUT2D eigenvalue weighted by atomic mass is 10.2. The summed E-state index contributed by atoms with van der Waals surface area (Å²) in [6.45, 7) is 13.2. The van der Waals surface area contributed by atoms with Crippen LogP contribution in [0.25, 0.3) is 0 Å². The first-order chi connectivity index (χ1) is 10.6. The quantitative estimate of drug-likeness (QED) is 0.472. The molecular formula is C20H26O2Si. The first-order valence-corrected chi connectivity index (χ1v) is 10.9. The van der Waals surface area contributed by atoms with E-state index in [1.807, 2.05) is 37.3 Å². The Morgan fingerprint density at radius 2 is 1.78 bits per heavy atom. The Bertz CT molecular complexity index is 646. The SMILES string of the molecule is CC(C#CC(=O)C#C[Si](C)(C)C(C)(C)C)OCc1ccccc1. The Labute approximate surface area is 141 Å². The smallest absolute Gasteiger partial charge is 0.278 e. The zero-order valence-electron chi connectivity index (χ0n) is 15.0. The fourth-order valence-electron chi connectivity index (χ4n) is 1.44. The highest BCUT2D eigenvalue weighted by Gasteiger charge is 2.33. The maximum absolute atomic E-state index is 11.8. The van der Waals surface area contributed by atoms with Crippen molar-refractivity contribution in [1.82, 2.24) is 0 Å². The predicted octanol–water partition coefficient (Wildman–Crippen LogP) is 4.22. The van der Waals surface area contributed by atoms with Crippen LogP contribution >= 0.6 is 0 Å². The lowest BCUT2D eigenvalue weighted by molar-refractivity contribution is -0.109. The second-order valence-electron chi connectivity index (χ2n) is 7.16. The zero-order chi connectivity index (χ0) is 17.5. The van der Waals surface area contributed by atoms with Crippen LogP contribution in [0.4, 0.5) is 0 Å². The molecule has 1 atom stereocenters. The molecule has 1 rings (SSSR count). The zero-order valence-corrected chi connectivity index (χ0v) is 16.0. The molecule has 0 aromatic heterocycles. The summed E-state index contributed by atoms with van der Waals surface area (Å²) in [5.74, 6) is 7.77. The number of carbonyl (C=O) groups excluding carboxylic acids is 1. The van der Waals surface area contributed by atoms with Crippen LogP contribution in [0.5, 0.6) is 0 Å². The van der Waals surface area contributed by atoms with Crippen molar-refractivity contribution >= 4 is 13.9 Å². The molecule has 0 aliphatic carbocycles. The number of hydrogen-bond acceptors (Lipinski definition) is 2. The summed E-state index contributed by atoms with van der Waals surface area (Å²) >= 11 is 0. The molecule has 23 heavy (non-hydrogen) atoms. The van der Waals surface area contributed by atoms with Gasteiger partial charge >= 0.3 is 0 Å². The molecule has 1 unspecified atom stereocenters. The lowest BCUT2D eigenvalue weighted by Crippen LogP contribution is -2.35. The van der Waals surface area contributed by atoms with Gasteiger partial charge in [-0.15, -0.1) is 5.54 Å². The van der Waals surface area contributed by atoms with Gasteiger partial charge in [-0.2, -0.15) is 0 Å². The molecule has 3 heteroatoms. The Morgan fingerprint density at radius 3 is 2.35 bits per heavy atom. The summed E-state index contributed by atoms with van der Waals surface area (Å²) in [7, 11) is -1.76. The van der Waals surface area contributed by atoms with Crippen LogP contribution < -0.4 is 0 Å². The van der Waals surface area contributed by atoms with E-state index in [0.717, 1.165) is 5.56 Å². The van der Waals surface area contributed by atoms with E-state index in [1.54, 1.807) is 0 Å². The van der Waals surface area contributed by atoms with E-state index in [4.69, 9.17) is 4.74 Å². The van der Waals surface area contributed by atoms with Crippen molar-refractivity contribution in [2.75, 3.05) is 0 Å². The highest BCUT2D eigenvalue weighted by atomic mass is 28.3. The van der Waals surface area contributed by atoms with Crippen LogP contribution in [0.1, 0.15) is 33.3 Å². The van der Waals surface area contributed by atoms with Gasteiger partial charge in [0.1, 0.15) is 14.2 Å². The van der Waals surface area contributed by atoms with Crippen molar-refractivity contribution in [3.63, 3.8) is 0 Å². The van der Waals surface area contributed by atoms with Crippen molar-refractivity contribution in [3.8, 4) is 23.3 Å². The van der Waals surface area contributed by atoms with Crippen LogP contribution in [-0.4, -0.2) is 20.0 Å². The number of carbonyl (C=O) groups is 1. The molecule has 1 aromatic carbocycles. The molecule has 0 heterocycles. The Hall–Kier alpha value is -1.81. The first kappa shape index (κ1) is 19.2. The van der Waals surface area contributed by atoms with E-state index in [1.165, 1.54) is 0 Å². The molecule has 0 fully saturated rings. The number of hydrogen-bond donors (Lipinski definition) is 0. The standard InChI is InChI=1S/C20H26O2Si/c1-17(22-16-18-10-8-7-9-11-18)12-13-19(21)14-15-23(5,6)20(2,3)4/h7-11,17H,16H2,1-6H3. The monoisotopic (exact) mass is 326 g/mol. The average Bonchev–Trinajstić information content (AvgIpc) is 2.49. The average molecular weight is 327 g/mol. The van der Waals surface area contributed by atoms with Crippen LogP contribution in [0.3, 0.4) is 0 Å². The van der Waals surface area contributed by atoms with Gasteiger partial charge in [-0.3, -0.25) is 4.79 Å². The molecule has 0 spiro atoms. The summed E-state index contributed by atoms with van der Waals surface area (Å²) in [6.07, 6.45) is -0.297. The maximum Gasteiger partial charge on any atom is 0.278 e.